The summed E-state index contributed by atoms with van der Waals surface area (Å²) in [5.41, 5.74) is 1.85. The van der Waals surface area contributed by atoms with Gasteiger partial charge in [0.1, 0.15) is 11.6 Å². The van der Waals surface area contributed by atoms with Gasteiger partial charge in [0.15, 0.2) is 0 Å². The molecule has 1 heterocycles. The van der Waals surface area contributed by atoms with Crippen molar-refractivity contribution in [3.8, 4) is 0 Å². The van der Waals surface area contributed by atoms with Crippen LogP contribution < -0.4 is 0 Å². The molecule has 0 spiro atoms. The number of Topliss-reactive ketones (excluding diaryl/α,β-unsaturated/α-hetero) is 1. The van der Waals surface area contributed by atoms with Crippen molar-refractivity contribution in [1.82, 2.24) is 4.90 Å². The van der Waals surface area contributed by atoms with Crippen molar-refractivity contribution in [3.05, 3.63) is 35.1 Å². The molecule has 2 saturated carbocycles. The summed E-state index contributed by atoms with van der Waals surface area (Å²) in [7, 11) is 0. The van der Waals surface area contributed by atoms with Crippen LogP contribution in [0.2, 0.25) is 0 Å². The van der Waals surface area contributed by atoms with Crippen LogP contribution >= 0.6 is 0 Å². The summed E-state index contributed by atoms with van der Waals surface area (Å²) in [4.78, 5) is 27.7. The highest BCUT2D eigenvalue weighted by molar-refractivity contribution is 5.88. The van der Waals surface area contributed by atoms with Crippen LogP contribution in [0, 0.1) is 29.0 Å². The molecule has 3 aliphatic carbocycles. The second kappa shape index (κ2) is 7.21. The maximum Gasteiger partial charge on any atom is 0.222 e. The lowest BCUT2D eigenvalue weighted by Gasteiger charge is -2.50. The van der Waals surface area contributed by atoms with Crippen molar-refractivity contribution in [2.24, 2.45) is 23.2 Å². The third-order valence-corrected chi connectivity index (χ3v) is 8.75. The molecule has 1 saturated heterocycles. The molecule has 0 aromatic heterocycles. The Kier molecular flexibility index (Phi) is 4.79. The second-order valence-corrected chi connectivity index (χ2v) is 10.1. The van der Waals surface area contributed by atoms with E-state index in [-0.39, 0.29) is 17.1 Å². The molecule has 0 radical (unpaired) electrons. The summed E-state index contributed by atoms with van der Waals surface area (Å²) in [6.07, 6.45) is 7.93. The third-order valence-electron chi connectivity index (χ3n) is 8.75. The first-order valence-corrected chi connectivity index (χ1v) is 11.6. The van der Waals surface area contributed by atoms with Crippen molar-refractivity contribution in [3.63, 3.8) is 0 Å². The van der Waals surface area contributed by atoms with Crippen LogP contribution in [0.3, 0.4) is 0 Å². The van der Waals surface area contributed by atoms with Crippen LogP contribution in [0.25, 0.3) is 0 Å². The molecule has 3 nitrogen and oxygen atoms in total. The van der Waals surface area contributed by atoms with E-state index in [0.29, 0.717) is 42.3 Å². The minimum atomic E-state index is -0.243. The van der Waals surface area contributed by atoms with Gasteiger partial charge in [-0.3, -0.25) is 9.59 Å². The van der Waals surface area contributed by atoms with E-state index in [1.165, 1.54) is 5.56 Å². The van der Waals surface area contributed by atoms with E-state index in [4.69, 9.17) is 0 Å². The highest BCUT2D eigenvalue weighted by atomic mass is 19.1. The van der Waals surface area contributed by atoms with Gasteiger partial charge in [-0.25, -0.2) is 4.39 Å². The van der Waals surface area contributed by atoms with Gasteiger partial charge in [-0.2, -0.15) is 0 Å². The lowest BCUT2D eigenvalue weighted by Crippen LogP contribution is -2.44. The Hall–Kier alpha value is -1.71. The molecule has 4 heteroatoms. The fraction of sp³-hybridized carbons (Fsp3) is 0.680. The summed E-state index contributed by atoms with van der Waals surface area (Å²) in [5.74, 6) is 2.08. The van der Waals surface area contributed by atoms with Crippen molar-refractivity contribution in [1.29, 1.82) is 0 Å². The minimum Gasteiger partial charge on any atom is -0.343 e. The first-order valence-electron chi connectivity index (χ1n) is 11.6. The Morgan fingerprint density at radius 3 is 2.83 bits per heavy atom. The molecule has 29 heavy (non-hydrogen) atoms. The zero-order valence-corrected chi connectivity index (χ0v) is 17.5. The van der Waals surface area contributed by atoms with Crippen LogP contribution in [0.5, 0.6) is 0 Å². The largest absolute Gasteiger partial charge is 0.343 e. The molecular weight excluding hydrogens is 365 g/mol. The van der Waals surface area contributed by atoms with Crippen LogP contribution in [-0.4, -0.2) is 29.7 Å². The summed E-state index contributed by atoms with van der Waals surface area (Å²) in [6.45, 7) is 3.98. The molecule has 1 aromatic rings. The summed E-state index contributed by atoms with van der Waals surface area (Å²) >= 11 is 0. The molecule has 4 aliphatic rings. The quantitative estimate of drug-likeness (QED) is 0.729. The Bertz CT molecular complexity index is 830. The zero-order valence-electron chi connectivity index (χ0n) is 17.5. The van der Waals surface area contributed by atoms with Crippen LogP contribution in [-0.2, 0) is 16.0 Å². The Morgan fingerprint density at radius 1 is 1.24 bits per heavy atom. The molecule has 0 N–H and O–H groups in total. The number of likely N-dealkylation sites (tertiary alicyclic amines) is 1. The van der Waals surface area contributed by atoms with Crippen molar-refractivity contribution in [2.45, 2.75) is 70.6 Å². The van der Waals surface area contributed by atoms with Gasteiger partial charge >= 0.3 is 0 Å². The molecule has 3 fully saturated rings. The Labute approximate surface area is 173 Å². The highest BCUT2D eigenvalue weighted by Gasteiger charge is 2.58. The third kappa shape index (κ3) is 3.05. The topological polar surface area (TPSA) is 37.4 Å². The number of fused-ring (bicyclic) bond motifs is 5. The minimum absolute atomic E-state index is 0.0652. The van der Waals surface area contributed by atoms with Gasteiger partial charge in [0.2, 0.25) is 5.91 Å². The molecule has 156 valence electrons. The lowest BCUT2D eigenvalue weighted by atomic mass is 9.54. The van der Waals surface area contributed by atoms with Crippen molar-refractivity contribution >= 4 is 11.7 Å². The number of halogens is 1. The monoisotopic (exact) mass is 397 g/mol. The fourth-order valence-corrected chi connectivity index (χ4v) is 7.33. The number of ketones is 1. The number of benzene rings is 1. The molecule has 5 rings (SSSR count). The number of amides is 1. The average molecular weight is 398 g/mol. The van der Waals surface area contributed by atoms with Gasteiger partial charge in [0, 0.05) is 31.3 Å². The molecule has 0 bridgehead atoms. The fourth-order valence-electron chi connectivity index (χ4n) is 7.33. The first-order chi connectivity index (χ1) is 14.0. The van der Waals surface area contributed by atoms with E-state index in [1.807, 2.05) is 11.0 Å². The van der Waals surface area contributed by atoms with Crippen molar-refractivity contribution in [2.75, 3.05) is 13.1 Å². The van der Waals surface area contributed by atoms with Gasteiger partial charge in [0.25, 0.3) is 0 Å². The van der Waals surface area contributed by atoms with Crippen LogP contribution in [0.1, 0.15) is 75.3 Å². The SMILES string of the molecule is C[C@]12CCC3c4cccc(F)c4CCC3C1[C@H](CCC(=O)N1CCCC1)CC2=O. The highest BCUT2D eigenvalue weighted by Crippen LogP contribution is 2.62. The Morgan fingerprint density at radius 2 is 2.03 bits per heavy atom. The van der Waals surface area contributed by atoms with E-state index in [0.717, 1.165) is 63.6 Å². The maximum absolute atomic E-state index is 14.4. The van der Waals surface area contributed by atoms with Gasteiger partial charge in [-0.15, -0.1) is 0 Å². The van der Waals surface area contributed by atoms with E-state index in [1.54, 1.807) is 6.07 Å². The average Bonchev–Trinajstić information content (AvgIpc) is 3.33. The first kappa shape index (κ1) is 19.3. The predicted molar refractivity (Wildman–Crippen MR) is 110 cm³/mol. The van der Waals surface area contributed by atoms with E-state index >= 15 is 0 Å². The van der Waals surface area contributed by atoms with Gasteiger partial charge < -0.3 is 4.90 Å². The van der Waals surface area contributed by atoms with Gasteiger partial charge in [-0.1, -0.05) is 19.1 Å². The number of nitrogens with zero attached hydrogens (tertiary/aromatic N) is 1. The van der Waals surface area contributed by atoms with E-state index in [9.17, 15) is 14.0 Å². The molecule has 1 amide bonds. The molecule has 1 aliphatic heterocycles. The van der Waals surface area contributed by atoms with E-state index in [2.05, 4.69) is 13.0 Å². The van der Waals surface area contributed by atoms with Crippen LogP contribution in [0.4, 0.5) is 4.39 Å². The summed E-state index contributed by atoms with van der Waals surface area (Å²) in [5, 5.41) is 0. The summed E-state index contributed by atoms with van der Waals surface area (Å²) < 4.78 is 14.4. The number of hydrogen-bond acceptors (Lipinski definition) is 2. The van der Waals surface area contributed by atoms with Crippen LogP contribution in [0.15, 0.2) is 18.2 Å². The molecule has 5 atom stereocenters. The maximum atomic E-state index is 14.4. The van der Waals surface area contributed by atoms with E-state index < -0.39 is 0 Å². The lowest BCUT2D eigenvalue weighted by molar-refractivity contribution is -0.130. The number of carbonyl (C=O) groups is 2. The smallest absolute Gasteiger partial charge is 0.222 e. The van der Waals surface area contributed by atoms with Gasteiger partial charge in [-0.05, 0) is 85.8 Å². The van der Waals surface area contributed by atoms with Crippen molar-refractivity contribution < 1.29 is 14.0 Å². The zero-order chi connectivity index (χ0) is 20.2. The number of carbonyl (C=O) groups excluding carboxylic acids is 2. The standard InChI is InChI=1S/C25H32FNO2/c1-25-12-11-18-17-5-4-6-21(26)19(17)8-9-20(18)24(25)16(15-22(25)28)7-10-23(29)27-13-2-3-14-27/h4-6,16,18,20,24H,2-3,7-15H2,1H3/t16-,18?,20?,24?,25-/m1/s1. The number of rotatable bonds is 3. The summed E-state index contributed by atoms with van der Waals surface area (Å²) in [6, 6.07) is 5.54. The molecule has 1 aromatic carbocycles. The Balaban J connectivity index is 1.38. The van der Waals surface area contributed by atoms with Gasteiger partial charge in [0.05, 0.1) is 0 Å². The molecular formula is C25H32FNO2. The normalized spacial score (nSPS) is 35.9. The predicted octanol–water partition coefficient (Wildman–Crippen LogP) is 4.88. The number of hydrogen-bond donors (Lipinski definition) is 0. The second-order valence-electron chi connectivity index (χ2n) is 10.1. The molecule has 3 unspecified atom stereocenters.